The van der Waals surface area contributed by atoms with Gasteiger partial charge in [-0.1, -0.05) is 63.4 Å². The molecule has 5 nitrogen and oxygen atoms in total. The van der Waals surface area contributed by atoms with Crippen LogP contribution in [0.25, 0.3) is 11.3 Å². The summed E-state index contributed by atoms with van der Waals surface area (Å²) in [6, 6.07) is 15.1. The molecule has 1 aliphatic heterocycles. The van der Waals surface area contributed by atoms with E-state index in [1.54, 1.807) is 12.1 Å². The van der Waals surface area contributed by atoms with Gasteiger partial charge in [-0.25, -0.2) is 0 Å². The summed E-state index contributed by atoms with van der Waals surface area (Å²) in [6.07, 6.45) is 0. The Kier molecular flexibility index (Phi) is 4.60. The summed E-state index contributed by atoms with van der Waals surface area (Å²) in [7, 11) is 0. The van der Waals surface area contributed by atoms with Crippen molar-refractivity contribution >= 4 is 39.1 Å². The largest absolute Gasteiger partial charge is 0.420 e. The highest BCUT2D eigenvalue weighted by atomic mass is 79.9. The van der Waals surface area contributed by atoms with Crippen molar-refractivity contribution in [3.8, 4) is 23.2 Å². The van der Waals surface area contributed by atoms with Gasteiger partial charge in [0.1, 0.15) is 11.6 Å². The third-order valence-corrected chi connectivity index (χ3v) is 5.82. The van der Waals surface area contributed by atoms with Gasteiger partial charge < -0.3 is 10.5 Å². The second kappa shape index (κ2) is 6.93. The van der Waals surface area contributed by atoms with Gasteiger partial charge in [-0.2, -0.15) is 5.26 Å². The molecule has 0 amide bonds. The number of benzene rings is 2. The molecule has 2 heterocycles. The van der Waals surface area contributed by atoms with E-state index in [1.165, 1.54) is 0 Å². The lowest BCUT2D eigenvalue weighted by Gasteiger charge is -2.25. The van der Waals surface area contributed by atoms with Gasteiger partial charge in [-0.15, -0.1) is 5.10 Å². The summed E-state index contributed by atoms with van der Waals surface area (Å²) in [6.45, 7) is 0. The number of H-pyrrole nitrogens is 1. The van der Waals surface area contributed by atoms with Crippen molar-refractivity contribution in [2.75, 3.05) is 0 Å². The smallest absolute Gasteiger partial charge is 0.244 e. The van der Waals surface area contributed by atoms with E-state index in [2.05, 4.69) is 32.2 Å². The molecule has 134 valence electrons. The maximum absolute atomic E-state index is 9.74. The Hall–Kier alpha value is -2.46. The van der Waals surface area contributed by atoms with Crippen LogP contribution in [0.15, 0.2) is 58.4 Å². The Bertz CT molecular complexity index is 1130. The lowest BCUT2D eigenvalue weighted by Crippen LogP contribution is -2.21. The number of halogens is 3. The van der Waals surface area contributed by atoms with Crippen molar-refractivity contribution in [3.63, 3.8) is 0 Å². The normalized spacial score (nSPS) is 15.9. The quantitative estimate of drug-likeness (QED) is 0.537. The molecule has 0 saturated carbocycles. The molecule has 3 N–H and O–H groups in total. The Labute approximate surface area is 173 Å². The van der Waals surface area contributed by atoms with Crippen LogP contribution in [0.1, 0.15) is 17.0 Å². The molecule has 0 fully saturated rings. The maximum atomic E-state index is 9.74. The maximum Gasteiger partial charge on any atom is 0.244 e. The molecule has 1 aromatic heterocycles. The number of nitrogens with two attached hydrogens (primary N) is 1. The zero-order chi connectivity index (χ0) is 19.1. The molecule has 0 radical (unpaired) electrons. The van der Waals surface area contributed by atoms with Crippen molar-refractivity contribution in [3.05, 3.63) is 79.6 Å². The number of rotatable bonds is 2. The molecular formula is C19H11BrCl2N4O. The predicted octanol–water partition coefficient (Wildman–Crippen LogP) is 5.36. The van der Waals surface area contributed by atoms with E-state index in [1.807, 2.05) is 30.3 Å². The van der Waals surface area contributed by atoms with Crippen molar-refractivity contribution in [1.29, 1.82) is 5.26 Å². The predicted molar refractivity (Wildman–Crippen MR) is 107 cm³/mol. The molecule has 1 aliphatic rings. The fraction of sp³-hybridized carbons (Fsp3) is 0.0526. The van der Waals surface area contributed by atoms with Crippen molar-refractivity contribution in [2.45, 2.75) is 5.92 Å². The van der Waals surface area contributed by atoms with Gasteiger partial charge in [-0.3, -0.25) is 5.10 Å². The van der Waals surface area contributed by atoms with Crippen molar-refractivity contribution in [1.82, 2.24) is 10.2 Å². The van der Waals surface area contributed by atoms with E-state index in [4.69, 9.17) is 33.7 Å². The van der Waals surface area contributed by atoms with Crippen LogP contribution in [-0.4, -0.2) is 10.2 Å². The Morgan fingerprint density at radius 1 is 1.19 bits per heavy atom. The summed E-state index contributed by atoms with van der Waals surface area (Å²) < 4.78 is 6.45. The van der Waals surface area contributed by atoms with Crippen LogP contribution in [0.2, 0.25) is 10.0 Å². The van der Waals surface area contributed by atoms with Gasteiger partial charge in [0.2, 0.25) is 11.8 Å². The van der Waals surface area contributed by atoms with E-state index in [-0.39, 0.29) is 5.88 Å². The average Bonchev–Trinajstić information content (AvgIpc) is 3.07. The molecule has 8 heteroatoms. The van der Waals surface area contributed by atoms with E-state index in [9.17, 15) is 5.26 Å². The molecule has 0 aliphatic carbocycles. The summed E-state index contributed by atoms with van der Waals surface area (Å²) in [5.74, 6) is -0.0798. The van der Waals surface area contributed by atoms with Crippen LogP contribution in [0.4, 0.5) is 0 Å². The van der Waals surface area contributed by atoms with Gasteiger partial charge >= 0.3 is 0 Å². The first-order valence-electron chi connectivity index (χ1n) is 7.87. The third-order valence-electron chi connectivity index (χ3n) is 4.36. The van der Waals surface area contributed by atoms with E-state index >= 15 is 0 Å². The number of allylic oxidation sites excluding steroid dienone is 1. The van der Waals surface area contributed by atoms with Gasteiger partial charge in [0.25, 0.3) is 0 Å². The number of fused-ring (bicyclic) bond motifs is 1. The van der Waals surface area contributed by atoms with Gasteiger partial charge in [0.05, 0.1) is 27.2 Å². The lowest BCUT2D eigenvalue weighted by molar-refractivity contribution is 0.379. The monoisotopic (exact) mass is 460 g/mol. The number of ether oxygens (including phenoxy) is 1. The SMILES string of the molecule is N#CC1=C(N)Oc2n[nH]c(-c3ccc(Cl)c(Cl)c3)c2[C@@H]1c1ccccc1Br. The van der Waals surface area contributed by atoms with Gasteiger partial charge in [-0.05, 0) is 23.8 Å². The van der Waals surface area contributed by atoms with Gasteiger partial charge in [0, 0.05) is 10.0 Å². The zero-order valence-corrected chi connectivity index (χ0v) is 16.7. The number of hydrogen-bond donors (Lipinski definition) is 2. The molecule has 1 atom stereocenters. The fourth-order valence-electron chi connectivity index (χ4n) is 3.14. The van der Waals surface area contributed by atoms with E-state index < -0.39 is 5.92 Å². The van der Waals surface area contributed by atoms with Crippen LogP contribution in [0.5, 0.6) is 5.88 Å². The Morgan fingerprint density at radius 3 is 2.67 bits per heavy atom. The zero-order valence-electron chi connectivity index (χ0n) is 13.6. The first kappa shape index (κ1) is 17.9. The van der Waals surface area contributed by atoms with Crippen LogP contribution >= 0.6 is 39.1 Å². The molecule has 0 bridgehead atoms. The molecule has 4 rings (SSSR count). The van der Waals surface area contributed by atoms with Crippen molar-refractivity contribution < 1.29 is 4.74 Å². The number of nitriles is 1. The standard InChI is InChI=1S/C19H11BrCl2N4O/c20-12-4-2-1-3-10(12)15-11(8-23)18(24)27-19-16(15)17(25-26-19)9-5-6-13(21)14(22)7-9/h1-7,15H,24H2,(H,25,26)/t15-/m1/s1. The second-order valence-corrected chi connectivity index (χ2v) is 7.56. The van der Waals surface area contributed by atoms with Crippen LogP contribution in [0.3, 0.4) is 0 Å². The number of nitrogens with one attached hydrogen (secondary N) is 1. The van der Waals surface area contributed by atoms with Crippen LogP contribution < -0.4 is 10.5 Å². The van der Waals surface area contributed by atoms with Gasteiger partial charge in [0.15, 0.2) is 0 Å². The van der Waals surface area contributed by atoms with Crippen molar-refractivity contribution in [2.24, 2.45) is 5.73 Å². The first-order chi connectivity index (χ1) is 13.0. The molecule has 0 saturated heterocycles. The molecule has 0 unspecified atom stereocenters. The molecule has 3 aromatic rings. The Balaban J connectivity index is 1.98. The topological polar surface area (TPSA) is 87.7 Å². The minimum atomic E-state index is -0.447. The number of aromatic amines is 1. The molecule has 2 aromatic carbocycles. The first-order valence-corrected chi connectivity index (χ1v) is 9.42. The average molecular weight is 462 g/mol. The van der Waals surface area contributed by atoms with E-state index in [0.717, 1.165) is 15.6 Å². The summed E-state index contributed by atoms with van der Waals surface area (Å²) in [5, 5.41) is 17.8. The highest BCUT2D eigenvalue weighted by Gasteiger charge is 2.36. The number of hydrogen-bond acceptors (Lipinski definition) is 4. The molecule has 0 spiro atoms. The number of nitrogens with zero attached hydrogens (tertiary/aromatic N) is 2. The molecular weight excluding hydrogens is 451 g/mol. The van der Waals surface area contributed by atoms with Crippen LogP contribution in [-0.2, 0) is 0 Å². The Morgan fingerprint density at radius 2 is 1.96 bits per heavy atom. The summed E-state index contributed by atoms with van der Waals surface area (Å²) in [4.78, 5) is 0. The second-order valence-electron chi connectivity index (χ2n) is 5.89. The minimum absolute atomic E-state index is 0.0398. The lowest BCUT2D eigenvalue weighted by atomic mass is 9.83. The molecule has 27 heavy (non-hydrogen) atoms. The highest BCUT2D eigenvalue weighted by molar-refractivity contribution is 9.10. The minimum Gasteiger partial charge on any atom is -0.420 e. The highest BCUT2D eigenvalue weighted by Crippen LogP contribution is 2.47. The summed E-state index contributed by atoms with van der Waals surface area (Å²) in [5.41, 5.74) is 9.37. The fourth-order valence-corrected chi connectivity index (χ4v) is 3.95. The number of aromatic nitrogens is 2. The summed E-state index contributed by atoms with van der Waals surface area (Å²) >= 11 is 15.8. The van der Waals surface area contributed by atoms with E-state index in [0.29, 0.717) is 32.8 Å². The van der Waals surface area contributed by atoms with Crippen LogP contribution in [0, 0.1) is 11.3 Å². The third kappa shape index (κ3) is 2.98.